The first-order valence-electron chi connectivity index (χ1n) is 12.3. The van der Waals surface area contributed by atoms with Gasteiger partial charge in [0.1, 0.15) is 40.2 Å². The van der Waals surface area contributed by atoms with Crippen LogP contribution >= 0.6 is 11.3 Å². The highest BCUT2D eigenvalue weighted by Crippen LogP contribution is 2.55. The summed E-state index contributed by atoms with van der Waals surface area (Å²) >= 11 is 1.56. The van der Waals surface area contributed by atoms with E-state index in [1.54, 1.807) is 23.5 Å². The van der Waals surface area contributed by atoms with Crippen molar-refractivity contribution in [3.8, 4) is 12.1 Å². The maximum Gasteiger partial charge on any atom is 0.161 e. The predicted molar refractivity (Wildman–Crippen MR) is 140 cm³/mol. The summed E-state index contributed by atoms with van der Waals surface area (Å²) in [6.07, 6.45) is 5.47. The van der Waals surface area contributed by atoms with Gasteiger partial charge in [-0.25, -0.2) is 9.37 Å². The molecule has 1 aliphatic heterocycles. The molecule has 0 fully saturated rings. The molecule has 0 saturated carbocycles. The van der Waals surface area contributed by atoms with Gasteiger partial charge < -0.3 is 11.5 Å². The van der Waals surface area contributed by atoms with Crippen molar-refractivity contribution < 1.29 is 9.18 Å². The summed E-state index contributed by atoms with van der Waals surface area (Å²) in [4.78, 5) is 21.3. The van der Waals surface area contributed by atoms with Crippen LogP contribution in [-0.4, -0.2) is 10.8 Å². The Balaban J connectivity index is 1.72. The molecule has 37 heavy (non-hydrogen) atoms. The van der Waals surface area contributed by atoms with Crippen molar-refractivity contribution in [2.75, 3.05) is 16.4 Å². The average Bonchev–Trinajstić information content (AvgIpc) is 3.26. The molecule has 9 heteroatoms. The van der Waals surface area contributed by atoms with Crippen LogP contribution < -0.4 is 16.4 Å². The van der Waals surface area contributed by atoms with Crippen LogP contribution in [0.1, 0.15) is 70.7 Å². The number of allylic oxidation sites excluding steroid dienone is 2. The molecule has 0 bridgehead atoms. The number of halogens is 1. The van der Waals surface area contributed by atoms with E-state index in [0.717, 1.165) is 36.9 Å². The van der Waals surface area contributed by atoms with Crippen LogP contribution in [-0.2, 0) is 17.6 Å². The summed E-state index contributed by atoms with van der Waals surface area (Å²) in [6, 6.07) is 10.4. The number of hydrogen-bond acceptors (Lipinski definition) is 8. The number of anilines is 4. The van der Waals surface area contributed by atoms with E-state index in [9.17, 15) is 19.7 Å². The van der Waals surface area contributed by atoms with Gasteiger partial charge in [0.05, 0.1) is 11.3 Å². The lowest BCUT2D eigenvalue weighted by Crippen LogP contribution is -2.34. The molecule has 0 radical (unpaired) electrons. The van der Waals surface area contributed by atoms with Gasteiger partial charge in [-0.15, -0.1) is 11.3 Å². The molecule has 4 N–H and O–H groups in total. The number of nitrogens with two attached hydrogens (primary N) is 2. The second-order valence-corrected chi connectivity index (χ2v) is 10.7. The number of nitrogens with zero attached hydrogens (tertiary/aromatic N) is 4. The Morgan fingerprint density at radius 1 is 1.00 bits per heavy atom. The number of rotatable bonds is 2. The Bertz CT molecular complexity index is 1590. The van der Waals surface area contributed by atoms with E-state index in [0.29, 0.717) is 52.3 Å². The number of nitriles is 2. The van der Waals surface area contributed by atoms with Crippen molar-refractivity contribution >= 4 is 39.4 Å². The summed E-state index contributed by atoms with van der Waals surface area (Å²) < 4.78 is 13.9. The van der Waals surface area contributed by atoms with Crippen molar-refractivity contribution in [1.82, 2.24) is 4.98 Å². The number of carbonyl (C=O) groups excluding carboxylic acids is 1. The Labute approximate surface area is 217 Å². The number of ketones is 1. The van der Waals surface area contributed by atoms with E-state index >= 15 is 0 Å². The number of Topliss-reactive ketones (excluding diaryl/α,β-unsaturated/α-hetero) is 1. The number of fused-ring (bicyclic) bond motifs is 2. The number of carbonyl (C=O) groups is 1. The van der Waals surface area contributed by atoms with Gasteiger partial charge in [0.25, 0.3) is 0 Å². The van der Waals surface area contributed by atoms with Gasteiger partial charge in [-0.05, 0) is 61.8 Å². The van der Waals surface area contributed by atoms with Gasteiger partial charge in [0.2, 0.25) is 0 Å². The molecule has 3 aromatic rings. The van der Waals surface area contributed by atoms with E-state index in [2.05, 4.69) is 17.1 Å². The van der Waals surface area contributed by atoms with Crippen LogP contribution in [0, 0.1) is 28.5 Å². The van der Waals surface area contributed by atoms with Crippen molar-refractivity contribution in [2.24, 2.45) is 0 Å². The number of aryl methyl sites for hydroxylation is 1. The predicted octanol–water partition coefficient (Wildman–Crippen LogP) is 5.36. The van der Waals surface area contributed by atoms with Gasteiger partial charge in [-0.3, -0.25) is 9.69 Å². The third kappa shape index (κ3) is 3.42. The lowest BCUT2D eigenvalue weighted by atomic mass is 9.74. The Kier molecular flexibility index (Phi) is 5.47. The second kappa shape index (κ2) is 8.72. The molecule has 184 valence electrons. The topological polar surface area (TPSA) is 133 Å². The van der Waals surface area contributed by atoms with Gasteiger partial charge in [0.15, 0.2) is 5.78 Å². The van der Waals surface area contributed by atoms with Crippen LogP contribution in [0.25, 0.3) is 0 Å². The van der Waals surface area contributed by atoms with E-state index in [1.807, 2.05) is 4.90 Å². The molecular weight excluding hydrogens is 487 g/mol. The fourth-order valence-corrected chi connectivity index (χ4v) is 7.27. The van der Waals surface area contributed by atoms with Gasteiger partial charge >= 0.3 is 0 Å². The Hall–Kier alpha value is -4.21. The number of aromatic nitrogens is 1. The summed E-state index contributed by atoms with van der Waals surface area (Å²) in [6.45, 7) is 0. The molecule has 7 nitrogen and oxygen atoms in total. The van der Waals surface area contributed by atoms with Crippen molar-refractivity contribution in [3.63, 3.8) is 0 Å². The van der Waals surface area contributed by atoms with Crippen molar-refractivity contribution in [2.45, 2.75) is 50.9 Å². The molecule has 0 spiro atoms. The third-order valence-corrected chi connectivity index (χ3v) is 8.83. The van der Waals surface area contributed by atoms with Crippen molar-refractivity contribution in [1.29, 1.82) is 10.5 Å². The summed E-state index contributed by atoms with van der Waals surface area (Å²) in [5, 5.41) is 20.8. The SMILES string of the molecule is N#Cc1c(N)nc2c(c1N)C(c1ccc(F)cc1)C1=C(CCCC1=O)N2c1sc2c(c1C#N)CCCC2. The lowest BCUT2D eigenvalue weighted by molar-refractivity contribution is -0.116. The highest BCUT2D eigenvalue weighted by molar-refractivity contribution is 7.16. The number of hydrogen-bond donors (Lipinski definition) is 2. The van der Waals surface area contributed by atoms with Crippen LogP contribution in [0.15, 0.2) is 35.5 Å². The van der Waals surface area contributed by atoms with Crippen molar-refractivity contribution in [3.05, 3.63) is 74.0 Å². The standard InChI is InChI=1S/C28H23FN6OS/c29-15-10-8-14(9-11-15)22-23-19(5-3-6-20(23)36)35(27-24(22)25(32)18(13-31)26(33)34-27)28-17(12-30)16-4-1-2-7-21(16)37-28/h8-11,22H,1-7H2,(H4,32,33,34). The maximum atomic E-state index is 13.9. The quantitative estimate of drug-likeness (QED) is 0.474. The molecule has 6 rings (SSSR count). The van der Waals surface area contributed by atoms with Crippen LogP contribution in [0.2, 0.25) is 0 Å². The minimum Gasteiger partial charge on any atom is -0.397 e. The van der Waals surface area contributed by atoms with Gasteiger partial charge in [-0.2, -0.15) is 10.5 Å². The first kappa shape index (κ1) is 23.2. The van der Waals surface area contributed by atoms with Crippen LogP contribution in [0.4, 0.5) is 26.7 Å². The fraction of sp³-hybridized carbons (Fsp3) is 0.286. The highest BCUT2D eigenvalue weighted by Gasteiger charge is 2.43. The number of benzene rings is 1. The summed E-state index contributed by atoms with van der Waals surface area (Å²) in [5.41, 5.74) is 17.2. The van der Waals surface area contributed by atoms with Gasteiger partial charge in [-0.1, -0.05) is 12.1 Å². The van der Waals surface area contributed by atoms with E-state index < -0.39 is 11.7 Å². The molecule has 0 amide bonds. The largest absolute Gasteiger partial charge is 0.397 e. The minimum absolute atomic E-state index is 0.00683. The Morgan fingerprint density at radius 3 is 2.46 bits per heavy atom. The molecule has 3 heterocycles. The monoisotopic (exact) mass is 510 g/mol. The van der Waals surface area contributed by atoms with Crippen LogP contribution in [0.3, 0.4) is 0 Å². The Morgan fingerprint density at radius 2 is 1.73 bits per heavy atom. The molecule has 0 saturated heterocycles. The summed E-state index contributed by atoms with van der Waals surface area (Å²) in [7, 11) is 0. The van der Waals surface area contributed by atoms with Gasteiger partial charge in [0, 0.05) is 34.0 Å². The number of nitrogen functional groups attached to an aromatic ring is 2. The first-order chi connectivity index (χ1) is 17.9. The zero-order chi connectivity index (χ0) is 25.8. The minimum atomic E-state index is -0.630. The average molecular weight is 511 g/mol. The number of pyridine rings is 1. The molecule has 2 aliphatic carbocycles. The van der Waals surface area contributed by atoms with E-state index in [4.69, 9.17) is 11.5 Å². The lowest BCUT2D eigenvalue weighted by Gasteiger charge is -2.40. The molecule has 1 unspecified atom stereocenters. The normalized spacial score (nSPS) is 18.5. The fourth-order valence-electron chi connectivity index (χ4n) is 5.91. The molecule has 1 atom stereocenters. The first-order valence-corrected chi connectivity index (χ1v) is 13.1. The van der Waals surface area contributed by atoms with E-state index in [1.165, 1.54) is 17.0 Å². The molecule has 2 aromatic heterocycles. The zero-order valence-electron chi connectivity index (χ0n) is 20.0. The smallest absolute Gasteiger partial charge is 0.161 e. The maximum absolute atomic E-state index is 13.9. The number of thiophene rings is 1. The third-order valence-electron chi connectivity index (χ3n) is 7.55. The summed E-state index contributed by atoms with van der Waals surface area (Å²) in [5.74, 6) is -0.634. The van der Waals surface area contributed by atoms with Crippen LogP contribution in [0.5, 0.6) is 0 Å². The van der Waals surface area contributed by atoms with E-state index in [-0.39, 0.29) is 22.9 Å². The molecular formula is C28H23FN6OS. The zero-order valence-corrected chi connectivity index (χ0v) is 20.8. The molecule has 3 aliphatic rings. The second-order valence-electron chi connectivity index (χ2n) is 9.59. The highest BCUT2D eigenvalue weighted by atomic mass is 32.1. The molecule has 1 aromatic carbocycles.